The molecule has 1 aliphatic heterocycles. The molecule has 9 heteroatoms. The summed E-state index contributed by atoms with van der Waals surface area (Å²) in [5, 5.41) is 3.26. The molecule has 174 valence electrons. The van der Waals surface area contributed by atoms with Crippen LogP contribution in [0, 0.1) is 5.82 Å². The number of benzene rings is 3. The number of hydrogen-bond donors (Lipinski definition) is 1. The van der Waals surface area contributed by atoms with Crippen LogP contribution < -0.4 is 19.5 Å². The number of rotatable bonds is 7. The van der Waals surface area contributed by atoms with Crippen LogP contribution in [0.2, 0.25) is 0 Å². The molecule has 0 radical (unpaired) electrons. The Kier molecular flexibility index (Phi) is 7.54. The number of nitrogens with one attached hydrogen (secondary N) is 1. The summed E-state index contributed by atoms with van der Waals surface area (Å²) >= 11 is 4.76. The molecule has 1 heterocycles. The van der Waals surface area contributed by atoms with Crippen molar-refractivity contribution in [3.8, 4) is 17.2 Å². The van der Waals surface area contributed by atoms with Gasteiger partial charge in [-0.3, -0.25) is 4.79 Å². The van der Waals surface area contributed by atoms with Crippen LogP contribution in [0.3, 0.4) is 0 Å². The quantitative estimate of drug-likeness (QED) is 0.366. The smallest absolute Gasteiger partial charge is 0.264 e. The molecule has 4 rings (SSSR count). The van der Waals surface area contributed by atoms with Gasteiger partial charge in [-0.05, 0) is 93.4 Å². The Morgan fingerprint density at radius 3 is 2.59 bits per heavy atom. The average molecular weight is 543 g/mol. The van der Waals surface area contributed by atoms with Gasteiger partial charge in [-0.1, -0.05) is 12.1 Å². The first-order chi connectivity index (χ1) is 16.4. The number of carbonyl (C=O) groups is 1. The molecule has 0 aliphatic carbocycles. The SMILES string of the molecule is COc1ccc(N=C2NC(=O)/C(=C\c3cc(Br)c(OCc4cccc(F)c4)c(OC)c3)S2)cc1. The summed E-state index contributed by atoms with van der Waals surface area (Å²) in [5.41, 5.74) is 2.14. The molecule has 3 aromatic carbocycles. The molecule has 0 atom stereocenters. The Bertz CT molecular complexity index is 1280. The van der Waals surface area contributed by atoms with Crippen molar-refractivity contribution in [2.75, 3.05) is 14.2 Å². The van der Waals surface area contributed by atoms with Gasteiger partial charge >= 0.3 is 0 Å². The molecule has 1 aliphatic rings. The summed E-state index contributed by atoms with van der Waals surface area (Å²) < 4.78 is 30.6. The van der Waals surface area contributed by atoms with Gasteiger partial charge in [0.05, 0.1) is 29.3 Å². The van der Waals surface area contributed by atoms with E-state index in [-0.39, 0.29) is 18.3 Å². The molecule has 1 amide bonds. The molecule has 0 aromatic heterocycles. The number of amides is 1. The molecule has 0 bridgehead atoms. The van der Waals surface area contributed by atoms with Gasteiger partial charge in [0.25, 0.3) is 5.91 Å². The van der Waals surface area contributed by atoms with Gasteiger partial charge in [0.1, 0.15) is 18.2 Å². The first-order valence-corrected chi connectivity index (χ1v) is 11.7. The van der Waals surface area contributed by atoms with Gasteiger partial charge in [0.15, 0.2) is 16.7 Å². The summed E-state index contributed by atoms with van der Waals surface area (Å²) in [4.78, 5) is 17.4. The predicted octanol–water partition coefficient (Wildman–Crippen LogP) is 6.08. The van der Waals surface area contributed by atoms with E-state index in [1.807, 2.05) is 18.2 Å². The average Bonchev–Trinajstić information content (AvgIpc) is 3.16. The van der Waals surface area contributed by atoms with Gasteiger partial charge < -0.3 is 19.5 Å². The number of thioether (sulfide) groups is 1. The fourth-order valence-corrected chi connectivity index (χ4v) is 4.57. The van der Waals surface area contributed by atoms with E-state index >= 15 is 0 Å². The van der Waals surface area contributed by atoms with Gasteiger partial charge in [-0.25, -0.2) is 9.38 Å². The lowest BCUT2D eigenvalue weighted by Gasteiger charge is -2.14. The summed E-state index contributed by atoms with van der Waals surface area (Å²) in [7, 11) is 3.13. The molecule has 1 fully saturated rings. The maximum atomic E-state index is 13.4. The van der Waals surface area contributed by atoms with Crippen LogP contribution in [0.25, 0.3) is 6.08 Å². The minimum Gasteiger partial charge on any atom is -0.497 e. The maximum Gasteiger partial charge on any atom is 0.264 e. The molecular weight excluding hydrogens is 523 g/mol. The van der Waals surface area contributed by atoms with Gasteiger partial charge in [-0.15, -0.1) is 0 Å². The highest BCUT2D eigenvalue weighted by Gasteiger charge is 2.24. The van der Waals surface area contributed by atoms with E-state index in [0.717, 1.165) is 11.3 Å². The first-order valence-electron chi connectivity index (χ1n) is 10.1. The minimum atomic E-state index is -0.323. The van der Waals surface area contributed by atoms with Crippen molar-refractivity contribution in [3.63, 3.8) is 0 Å². The van der Waals surface area contributed by atoms with Crippen molar-refractivity contribution in [2.45, 2.75) is 6.61 Å². The van der Waals surface area contributed by atoms with Crippen LogP contribution in [0.15, 0.2) is 75.0 Å². The fourth-order valence-electron chi connectivity index (χ4n) is 3.15. The maximum absolute atomic E-state index is 13.4. The monoisotopic (exact) mass is 542 g/mol. The van der Waals surface area contributed by atoms with E-state index in [9.17, 15) is 9.18 Å². The second kappa shape index (κ2) is 10.8. The third-order valence-electron chi connectivity index (χ3n) is 4.78. The lowest BCUT2D eigenvalue weighted by molar-refractivity contribution is -0.115. The van der Waals surface area contributed by atoms with E-state index in [1.165, 1.54) is 31.0 Å². The summed E-state index contributed by atoms with van der Waals surface area (Å²) in [5.74, 6) is 1.14. The zero-order chi connectivity index (χ0) is 24.1. The summed E-state index contributed by atoms with van der Waals surface area (Å²) in [6.07, 6.45) is 1.75. The molecule has 6 nitrogen and oxygen atoms in total. The van der Waals surface area contributed by atoms with Crippen molar-refractivity contribution in [2.24, 2.45) is 4.99 Å². The predicted molar refractivity (Wildman–Crippen MR) is 135 cm³/mol. The number of carbonyl (C=O) groups excluding carboxylic acids is 1. The van der Waals surface area contributed by atoms with E-state index in [2.05, 4.69) is 26.2 Å². The lowest BCUT2D eigenvalue weighted by Crippen LogP contribution is -2.19. The van der Waals surface area contributed by atoms with Gasteiger partial charge in [-0.2, -0.15) is 0 Å². The van der Waals surface area contributed by atoms with Crippen molar-refractivity contribution < 1.29 is 23.4 Å². The number of ether oxygens (including phenoxy) is 3. The fraction of sp³-hybridized carbons (Fsp3) is 0.120. The third-order valence-corrected chi connectivity index (χ3v) is 6.27. The molecule has 3 aromatic rings. The molecule has 0 spiro atoms. The Labute approximate surface area is 209 Å². The third kappa shape index (κ3) is 5.78. The van der Waals surface area contributed by atoms with E-state index in [0.29, 0.717) is 37.3 Å². The zero-order valence-corrected chi connectivity index (χ0v) is 20.7. The van der Waals surface area contributed by atoms with Gasteiger partial charge in [0.2, 0.25) is 0 Å². The Hall–Kier alpha value is -3.30. The number of methoxy groups -OCH3 is 2. The minimum absolute atomic E-state index is 0.177. The highest BCUT2D eigenvalue weighted by atomic mass is 79.9. The second-order valence-electron chi connectivity index (χ2n) is 7.13. The summed E-state index contributed by atoms with van der Waals surface area (Å²) in [6.45, 7) is 0.177. The first kappa shape index (κ1) is 23.8. The summed E-state index contributed by atoms with van der Waals surface area (Å²) in [6, 6.07) is 17.0. The topological polar surface area (TPSA) is 69.2 Å². The number of nitrogens with zero attached hydrogens (tertiary/aromatic N) is 1. The van der Waals surface area contributed by atoms with Gasteiger partial charge in [0, 0.05) is 0 Å². The molecule has 1 N–H and O–H groups in total. The lowest BCUT2D eigenvalue weighted by atomic mass is 10.2. The second-order valence-corrected chi connectivity index (χ2v) is 9.02. The zero-order valence-electron chi connectivity index (χ0n) is 18.3. The van der Waals surface area contributed by atoms with Crippen molar-refractivity contribution >= 4 is 50.5 Å². The normalized spacial score (nSPS) is 15.5. The molecular formula is C25H20BrFN2O4S. The van der Waals surface area contributed by atoms with E-state index in [1.54, 1.807) is 43.5 Å². The van der Waals surface area contributed by atoms with E-state index in [4.69, 9.17) is 14.2 Å². The van der Waals surface area contributed by atoms with Crippen LogP contribution >= 0.6 is 27.7 Å². The van der Waals surface area contributed by atoms with Crippen molar-refractivity contribution in [3.05, 3.63) is 87.0 Å². The van der Waals surface area contributed by atoms with Crippen molar-refractivity contribution in [1.82, 2.24) is 5.32 Å². The number of amidine groups is 1. The molecule has 0 saturated carbocycles. The number of hydrogen-bond acceptors (Lipinski definition) is 6. The molecule has 34 heavy (non-hydrogen) atoms. The van der Waals surface area contributed by atoms with Crippen LogP contribution in [0.1, 0.15) is 11.1 Å². The van der Waals surface area contributed by atoms with E-state index < -0.39 is 0 Å². The van der Waals surface area contributed by atoms with Crippen LogP contribution in [-0.2, 0) is 11.4 Å². The molecule has 1 saturated heterocycles. The Balaban J connectivity index is 1.52. The Morgan fingerprint density at radius 1 is 1.09 bits per heavy atom. The van der Waals surface area contributed by atoms with Crippen molar-refractivity contribution in [1.29, 1.82) is 0 Å². The van der Waals surface area contributed by atoms with Crippen LogP contribution in [0.5, 0.6) is 17.2 Å². The van der Waals surface area contributed by atoms with Crippen LogP contribution in [-0.4, -0.2) is 25.3 Å². The van der Waals surface area contributed by atoms with Crippen LogP contribution in [0.4, 0.5) is 10.1 Å². The number of aliphatic imine (C=N–C) groups is 1. The largest absolute Gasteiger partial charge is 0.497 e. The number of halogens is 2. The standard InChI is InChI=1S/C25H20BrFN2O4S/c1-31-19-8-6-18(7-9-19)28-25-29-24(30)22(34-25)13-16-11-20(26)23(21(12-16)32-2)33-14-15-4-3-5-17(27)10-15/h3-13H,14H2,1-2H3,(H,28,29,30)/b22-13+. The highest BCUT2D eigenvalue weighted by Crippen LogP contribution is 2.39. The highest BCUT2D eigenvalue weighted by molar-refractivity contribution is 9.10. The molecule has 0 unspecified atom stereocenters. The Morgan fingerprint density at radius 2 is 1.88 bits per heavy atom.